The van der Waals surface area contributed by atoms with Crippen molar-refractivity contribution in [1.29, 1.82) is 0 Å². The minimum atomic E-state index is -0.200. The lowest BCUT2D eigenvalue weighted by atomic mass is 10.1. The predicted octanol–water partition coefficient (Wildman–Crippen LogP) is 1.66. The van der Waals surface area contributed by atoms with Crippen molar-refractivity contribution in [3.63, 3.8) is 0 Å². The minimum Gasteiger partial charge on any atom is -0.497 e. The maximum Gasteiger partial charge on any atom is 0.222 e. The number of hydrogen-bond donors (Lipinski definition) is 1. The molecule has 5 nitrogen and oxygen atoms in total. The molecule has 0 radical (unpaired) electrons. The quantitative estimate of drug-likeness (QED) is 0.794. The molecular formula is C14H19NO4. The van der Waals surface area contributed by atoms with Crippen LogP contribution in [0.1, 0.15) is 24.2 Å². The van der Waals surface area contributed by atoms with Gasteiger partial charge in [0, 0.05) is 12.0 Å². The van der Waals surface area contributed by atoms with E-state index in [1.807, 2.05) is 0 Å². The van der Waals surface area contributed by atoms with Crippen LogP contribution in [-0.4, -0.2) is 32.5 Å². The van der Waals surface area contributed by atoms with Gasteiger partial charge >= 0.3 is 0 Å². The summed E-state index contributed by atoms with van der Waals surface area (Å²) in [6, 6.07) is 4.94. The minimum absolute atomic E-state index is 0.0420. The zero-order valence-corrected chi connectivity index (χ0v) is 11.6. The summed E-state index contributed by atoms with van der Waals surface area (Å²) in [6.07, 6.45) is 0. The van der Waals surface area contributed by atoms with Gasteiger partial charge in [0.05, 0.1) is 26.3 Å². The molecule has 0 aliphatic rings. The highest BCUT2D eigenvalue weighted by Gasteiger charge is 2.15. The van der Waals surface area contributed by atoms with E-state index in [1.165, 1.54) is 7.11 Å². The number of amides is 1. The Morgan fingerprint density at radius 3 is 2.42 bits per heavy atom. The summed E-state index contributed by atoms with van der Waals surface area (Å²) in [5.74, 6) is 0.544. The molecule has 19 heavy (non-hydrogen) atoms. The number of ketones is 1. The van der Waals surface area contributed by atoms with E-state index in [2.05, 4.69) is 5.32 Å². The van der Waals surface area contributed by atoms with Crippen LogP contribution in [0.4, 0.5) is 0 Å². The Bertz CT molecular complexity index is 469. The molecule has 0 aliphatic heterocycles. The second-order valence-electron chi connectivity index (χ2n) is 4.36. The Balaban J connectivity index is 2.79. The van der Waals surface area contributed by atoms with Gasteiger partial charge in [0.1, 0.15) is 11.5 Å². The number of carbonyl (C=O) groups is 2. The van der Waals surface area contributed by atoms with E-state index in [-0.39, 0.29) is 24.2 Å². The Kier molecular flexibility index (Phi) is 5.36. The predicted molar refractivity (Wildman–Crippen MR) is 71.7 cm³/mol. The molecule has 1 amide bonds. The molecule has 1 rings (SSSR count). The lowest BCUT2D eigenvalue weighted by Gasteiger charge is -2.11. The van der Waals surface area contributed by atoms with E-state index in [0.29, 0.717) is 17.1 Å². The number of rotatable bonds is 6. The second kappa shape index (κ2) is 6.78. The van der Waals surface area contributed by atoms with E-state index in [0.717, 1.165) is 0 Å². The summed E-state index contributed by atoms with van der Waals surface area (Å²) in [5, 5.41) is 2.58. The van der Waals surface area contributed by atoms with Crippen LogP contribution >= 0.6 is 0 Å². The monoisotopic (exact) mass is 265 g/mol. The van der Waals surface area contributed by atoms with Gasteiger partial charge in [0.2, 0.25) is 5.91 Å². The zero-order chi connectivity index (χ0) is 14.4. The van der Waals surface area contributed by atoms with Gasteiger partial charge in [0.15, 0.2) is 5.78 Å². The van der Waals surface area contributed by atoms with E-state index in [4.69, 9.17) is 9.47 Å². The van der Waals surface area contributed by atoms with Crippen molar-refractivity contribution in [1.82, 2.24) is 5.32 Å². The first-order valence-corrected chi connectivity index (χ1v) is 6.02. The molecule has 0 saturated carbocycles. The van der Waals surface area contributed by atoms with Crippen molar-refractivity contribution in [2.75, 3.05) is 20.8 Å². The van der Waals surface area contributed by atoms with Crippen LogP contribution in [-0.2, 0) is 4.79 Å². The second-order valence-corrected chi connectivity index (χ2v) is 4.36. The van der Waals surface area contributed by atoms with Crippen LogP contribution in [0.3, 0.4) is 0 Å². The molecule has 0 aliphatic carbocycles. The fourth-order valence-corrected chi connectivity index (χ4v) is 1.50. The molecule has 0 saturated heterocycles. The maximum absolute atomic E-state index is 12.0. The van der Waals surface area contributed by atoms with Crippen molar-refractivity contribution in [2.24, 2.45) is 5.92 Å². The van der Waals surface area contributed by atoms with Crippen LogP contribution in [0, 0.1) is 5.92 Å². The molecule has 0 fully saturated rings. The van der Waals surface area contributed by atoms with Crippen LogP contribution in [0.25, 0.3) is 0 Å². The summed E-state index contributed by atoms with van der Waals surface area (Å²) in [6.45, 7) is 3.50. The molecule has 0 atom stereocenters. The number of ether oxygens (including phenoxy) is 2. The summed E-state index contributed by atoms with van der Waals surface area (Å²) >= 11 is 0. The third kappa shape index (κ3) is 3.98. The molecule has 0 unspecified atom stereocenters. The molecule has 0 heterocycles. The standard InChI is InChI=1S/C14H19NO4/c1-9(2)14(17)15-8-12(16)11-6-5-10(18-3)7-13(11)19-4/h5-7,9H,8H2,1-4H3,(H,15,17). The van der Waals surface area contributed by atoms with Crippen LogP contribution in [0.15, 0.2) is 18.2 Å². The summed E-state index contributed by atoms with van der Waals surface area (Å²) in [7, 11) is 3.03. The van der Waals surface area contributed by atoms with Crippen molar-refractivity contribution in [3.05, 3.63) is 23.8 Å². The first kappa shape index (κ1) is 15.0. The average molecular weight is 265 g/mol. The van der Waals surface area contributed by atoms with Gasteiger partial charge in [-0.05, 0) is 12.1 Å². The van der Waals surface area contributed by atoms with Crippen molar-refractivity contribution < 1.29 is 19.1 Å². The number of carbonyl (C=O) groups excluding carboxylic acids is 2. The van der Waals surface area contributed by atoms with Gasteiger partial charge < -0.3 is 14.8 Å². The number of hydrogen-bond acceptors (Lipinski definition) is 4. The lowest BCUT2D eigenvalue weighted by molar-refractivity contribution is -0.123. The van der Waals surface area contributed by atoms with E-state index in [1.54, 1.807) is 39.2 Å². The number of methoxy groups -OCH3 is 2. The largest absolute Gasteiger partial charge is 0.497 e. The van der Waals surface area contributed by atoms with E-state index >= 15 is 0 Å². The Labute approximate surface area is 112 Å². The molecule has 1 aromatic rings. The van der Waals surface area contributed by atoms with Crippen LogP contribution in [0.2, 0.25) is 0 Å². The smallest absolute Gasteiger partial charge is 0.222 e. The van der Waals surface area contributed by atoms with Gasteiger partial charge in [-0.25, -0.2) is 0 Å². The molecule has 0 spiro atoms. The Hall–Kier alpha value is -2.04. The molecule has 1 N–H and O–H groups in total. The number of benzene rings is 1. The molecule has 0 bridgehead atoms. The maximum atomic E-state index is 12.0. The first-order chi connectivity index (χ1) is 8.99. The third-order valence-electron chi connectivity index (χ3n) is 2.66. The van der Waals surface area contributed by atoms with Gasteiger partial charge in [-0.1, -0.05) is 13.8 Å². The van der Waals surface area contributed by atoms with Crippen molar-refractivity contribution >= 4 is 11.7 Å². The highest BCUT2D eigenvalue weighted by molar-refractivity contribution is 6.01. The molecule has 104 valence electrons. The summed E-state index contributed by atoms with van der Waals surface area (Å²) in [5.41, 5.74) is 0.423. The molecule has 0 aromatic heterocycles. The van der Waals surface area contributed by atoms with Gasteiger partial charge in [0.25, 0.3) is 0 Å². The Morgan fingerprint density at radius 1 is 1.21 bits per heavy atom. The average Bonchev–Trinajstić information content (AvgIpc) is 2.43. The van der Waals surface area contributed by atoms with Crippen molar-refractivity contribution in [3.8, 4) is 11.5 Å². The van der Waals surface area contributed by atoms with Crippen LogP contribution < -0.4 is 14.8 Å². The molecular weight excluding hydrogens is 246 g/mol. The first-order valence-electron chi connectivity index (χ1n) is 6.02. The third-order valence-corrected chi connectivity index (χ3v) is 2.66. The van der Waals surface area contributed by atoms with Crippen molar-refractivity contribution in [2.45, 2.75) is 13.8 Å². The topological polar surface area (TPSA) is 64.6 Å². The fraction of sp³-hybridized carbons (Fsp3) is 0.429. The normalized spacial score (nSPS) is 10.2. The lowest BCUT2D eigenvalue weighted by Crippen LogP contribution is -2.32. The number of Topliss-reactive ketones (excluding diaryl/α,β-unsaturated/α-hetero) is 1. The highest BCUT2D eigenvalue weighted by Crippen LogP contribution is 2.24. The zero-order valence-electron chi connectivity index (χ0n) is 11.6. The molecule has 5 heteroatoms. The highest BCUT2D eigenvalue weighted by atomic mass is 16.5. The fourth-order valence-electron chi connectivity index (χ4n) is 1.50. The number of nitrogens with one attached hydrogen (secondary N) is 1. The van der Waals surface area contributed by atoms with Gasteiger partial charge in [-0.15, -0.1) is 0 Å². The Morgan fingerprint density at radius 2 is 1.89 bits per heavy atom. The van der Waals surface area contributed by atoms with E-state index < -0.39 is 0 Å². The SMILES string of the molecule is COc1ccc(C(=O)CNC(=O)C(C)C)c(OC)c1. The van der Waals surface area contributed by atoms with Crippen LogP contribution in [0.5, 0.6) is 11.5 Å². The summed E-state index contributed by atoms with van der Waals surface area (Å²) < 4.78 is 10.2. The van der Waals surface area contributed by atoms with Gasteiger partial charge in [-0.3, -0.25) is 9.59 Å². The molecule has 1 aromatic carbocycles. The van der Waals surface area contributed by atoms with E-state index in [9.17, 15) is 9.59 Å². The summed E-state index contributed by atoms with van der Waals surface area (Å²) in [4.78, 5) is 23.4. The van der Waals surface area contributed by atoms with Gasteiger partial charge in [-0.2, -0.15) is 0 Å².